The number of methoxy groups -OCH3 is 2. The third-order valence-electron chi connectivity index (χ3n) is 4.23. The Hall–Kier alpha value is -3.60. The number of nitrogens with zero attached hydrogens (tertiary/aromatic N) is 4. The summed E-state index contributed by atoms with van der Waals surface area (Å²) in [5, 5.41) is 23.9. The molecule has 6 N–H and O–H groups in total. The number of halogens is 2. The van der Waals surface area contributed by atoms with Gasteiger partial charge in [0.25, 0.3) is 0 Å². The lowest BCUT2D eigenvalue weighted by Crippen LogP contribution is -2.33. The third kappa shape index (κ3) is 3.25. The summed E-state index contributed by atoms with van der Waals surface area (Å²) in [6, 6.07) is 2.53. The number of guanidine groups is 1. The smallest absolute Gasteiger partial charge is 0.211 e. The van der Waals surface area contributed by atoms with Crippen LogP contribution in [0.25, 0.3) is 0 Å². The van der Waals surface area contributed by atoms with Gasteiger partial charge in [-0.1, -0.05) is 23.2 Å². The highest BCUT2D eigenvalue weighted by molar-refractivity contribution is 6.37. The van der Waals surface area contributed by atoms with Crippen LogP contribution in [0.3, 0.4) is 0 Å². The van der Waals surface area contributed by atoms with Crippen molar-refractivity contribution in [3.05, 3.63) is 32.8 Å². The molecule has 1 aliphatic heterocycles. The average molecular weight is 433 g/mol. The number of nitrogens with one attached hydrogen (secondary N) is 2. The zero-order chi connectivity index (χ0) is 21.3. The number of aromatic nitrogens is 1. The van der Waals surface area contributed by atoms with Crippen molar-refractivity contribution in [1.29, 1.82) is 10.5 Å². The Balaban J connectivity index is 2.36. The van der Waals surface area contributed by atoms with Gasteiger partial charge in [-0.25, -0.2) is 9.98 Å². The Bertz CT molecular complexity index is 1120. The van der Waals surface area contributed by atoms with Crippen molar-refractivity contribution in [2.45, 2.75) is 6.04 Å². The molecule has 10 nitrogen and oxygen atoms in total. The summed E-state index contributed by atoms with van der Waals surface area (Å²) in [5.41, 5.74) is 12.8. The van der Waals surface area contributed by atoms with E-state index < -0.39 is 6.04 Å². The van der Waals surface area contributed by atoms with Gasteiger partial charge in [-0.3, -0.25) is 5.32 Å². The molecule has 0 bridgehead atoms. The van der Waals surface area contributed by atoms with E-state index in [1.807, 2.05) is 6.07 Å². The van der Waals surface area contributed by atoms with E-state index in [0.29, 0.717) is 16.9 Å². The lowest BCUT2D eigenvalue weighted by atomic mass is 9.94. The second-order valence-electron chi connectivity index (χ2n) is 5.72. The van der Waals surface area contributed by atoms with Gasteiger partial charge in [0.05, 0.1) is 30.0 Å². The van der Waals surface area contributed by atoms with Crippen molar-refractivity contribution >= 4 is 46.5 Å². The number of hydrogen-bond donors (Lipinski definition) is 4. The van der Waals surface area contributed by atoms with Crippen LogP contribution in [0.15, 0.2) is 11.1 Å². The van der Waals surface area contributed by atoms with Crippen LogP contribution in [0.4, 0.5) is 17.3 Å². The summed E-state index contributed by atoms with van der Waals surface area (Å²) < 4.78 is 10.6. The lowest BCUT2D eigenvalue weighted by Gasteiger charge is -2.28. The van der Waals surface area contributed by atoms with E-state index in [0.717, 1.165) is 0 Å². The number of aliphatic imine (C=N–C) groups is 1. The fraction of sp³-hybridized carbons (Fsp3) is 0.176. The number of anilines is 3. The molecule has 0 spiro atoms. The van der Waals surface area contributed by atoms with E-state index in [-0.39, 0.29) is 44.6 Å². The maximum absolute atomic E-state index is 9.40. The van der Waals surface area contributed by atoms with E-state index in [4.69, 9.17) is 49.4 Å². The Morgan fingerprint density at radius 3 is 2.52 bits per heavy atom. The topological polar surface area (TPSA) is 167 Å². The molecule has 29 heavy (non-hydrogen) atoms. The quantitative estimate of drug-likeness (QED) is 0.420. The number of nitriles is 2. The minimum Gasteiger partial charge on any atom is -0.493 e. The van der Waals surface area contributed by atoms with Crippen LogP contribution < -0.4 is 31.6 Å². The number of pyridine rings is 1. The third-order valence-corrected chi connectivity index (χ3v) is 4.92. The molecule has 1 unspecified atom stereocenters. The molecule has 1 atom stereocenters. The molecule has 0 saturated carbocycles. The Kier molecular flexibility index (Phi) is 5.41. The molecule has 148 valence electrons. The molecule has 0 radical (unpaired) electrons. The van der Waals surface area contributed by atoms with Gasteiger partial charge < -0.3 is 26.3 Å². The first-order valence-corrected chi connectivity index (χ1v) is 8.72. The number of nitrogen functional groups attached to an aromatic ring is 2. The summed E-state index contributed by atoms with van der Waals surface area (Å²) in [4.78, 5) is 8.62. The molecule has 12 heteroatoms. The summed E-state index contributed by atoms with van der Waals surface area (Å²) in [5.74, 6) is 0.765. The summed E-state index contributed by atoms with van der Waals surface area (Å²) in [7, 11) is 2.87. The normalized spacial score (nSPS) is 14.6. The molecule has 2 aromatic rings. The number of rotatable bonds is 3. The highest BCUT2D eigenvalue weighted by Crippen LogP contribution is 2.49. The van der Waals surface area contributed by atoms with Gasteiger partial charge in [0.2, 0.25) is 5.96 Å². The highest BCUT2D eigenvalue weighted by atomic mass is 35.5. The maximum Gasteiger partial charge on any atom is 0.211 e. The Morgan fingerprint density at radius 2 is 1.93 bits per heavy atom. The predicted molar refractivity (Wildman–Crippen MR) is 109 cm³/mol. The largest absolute Gasteiger partial charge is 0.493 e. The van der Waals surface area contributed by atoms with Crippen LogP contribution in [-0.2, 0) is 0 Å². The van der Waals surface area contributed by atoms with Crippen LogP contribution in [0, 0.1) is 22.8 Å². The van der Waals surface area contributed by atoms with E-state index in [1.165, 1.54) is 20.3 Å². The average Bonchev–Trinajstić information content (AvgIpc) is 2.67. The highest BCUT2D eigenvalue weighted by Gasteiger charge is 2.34. The van der Waals surface area contributed by atoms with Crippen LogP contribution in [0.1, 0.15) is 22.7 Å². The first kappa shape index (κ1) is 20.1. The second-order valence-corrected chi connectivity index (χ2v) is 6.51. The Morgan fingerprint density at radius 1 is 1.21 bits per heavy atom. The minimum atomic E-state index is -0.915. The van der Waals surface area contributed by atoms with Crippen LogP contribution >= 0.6 is 23.2 Å². The van der Waals surface area contributed by atoms with Crippen molar-refractivity contribution in [3.8, 4) is 23.8 Å². The predicted octanol–water partition coefficient (Wildman–Crippen LogP) is 2.38. The van der Waals surface area contributed by atoms with E-state index >= 15 is 0 Å². The molecule has 0 fully saturated rings. The van der Waals surface area contributed by atoms with Crippen molar-refractivity contribution in [1.82, 2.24) is 10.3 Å². The second kappa shape index (κ2) is 7.80. The van der Waals surface area contributed by atoms with Gasteiger partial charge in [-0.2, -0.15) is 10.5 Å². The number of benzene rings is 1. The summed E-state index contributed by atoms with van der Waals surface area (Å²) >= 11 is 13.0. The number of hydrogen-bond acceptors (Lipinski definition) is 10. The van der Waals surface area contributed by atoms with Crippen LogP contribution in [0.2, 0.25) is 10.0 Å². The molecule has 1 aliphatic rings. The summed E-state index contributed by atoms with van der Waals surface area (Å²) in [6.45, 7) is 0. The van der Waals surface area contributed by atoms with Crippen LogP contribution in [-0.4, -0.2) is 25.2 Å². The molecule has 1 aromatic carbocycles. The molecular weight excluding hydrogens is 419 g/mol. The van der Waals surface area contributed by atoms with Crippen molar-refractivity contribution in [2.24, 2.45) is 4.99 Å². The van der Waals surface area contributed by atoms with Crippen molar-refractivity contribution in [2.75, 3.05) is 31.0 Å². The molecular formula is C17H14Cl2N8O2. The van der Waals surface area contributed by atoms with E-state index in [1.54, 1.807) is 6.19 Å². The monoisotopic (exact) mass is 432 g/mol. The van der Waals surface area contributed by atoms with Crippen LogP contribution in [0.5, 0.6) is 11.5 Å². The standard InChI is InChI=1S/C17H14Cl2N8O2/c1-28-8-3-7(18)9(11(19)14(8)29-2)13-10-12(22)6(4-20)15(23)26-16(10)27-17(25-13)24-5-21/h3,13H,1-2H3,(H6,22,23,24,25,26,27). The zero-order valence-electron chi connectivity index (χ0n) is 15.2. The maximum atomic E-state index is 9.40. The fourth-order valence-corrected chi connectivity index (χ4v) is 3.70. The molecule has 2 heterocycles. The number of nitrogens with two attached hydrogens (primary N) is 2. The van der Waals surface area contributed by atoms with Gasteiger partial charge >= 0.3 is 0 Å². The SMILES string of the molecule is COc1cc(Cl)c(C2N=C(NC#N)Nc3nc(N)c(C#N)c(N)c32)c(Cl)c1OC. The van der Waals surface area contributed by atoms with E-state index in [9.17, 15) is 5.26 Å². The van der Waals surface area contributed by atoms with Crippen molar-refractivity contribution < 1.29 is 9.47 Å². The zero-order valence-corrected chi connectivity index (χ0v) is 16.7. The van der Waals surface area contributed by atoms with Gasteiger partial charge in [-0.15, -0.1) is 0 Å². The van der Waals surface area contributed by atoms with Gasteiger partial charge in [0.1, 0.15) is 29.3 Å². The van der Waals surface area contributed by atoms with Crippen molar-refractivity contribution in [3.63, 3.8) is 0 Å². The van der Waals surface area contributed by atoms with E-state index in [2.05, 4.69) is 20.6 Å². The minimum absolute atomic E-state index is 0.00448. The Labute approximate surface area is 175 Å². The molecule has 0 aliphatic carbocycles. The molecule has 0 saturated heterocycles. The first-order valence-electron chi connectivity index (χ1n) is 7.96. The van der Waals surface area contributed by atoms with Gasteiger partial charge in [0, 0.05) is 17.2 Å². The first-order chi connectivity index (χ1) is 13.9. The molecule has 0 amide bonds. The fourth-order valence-electron chi connectivity index (χ4n) is 2.98. The number of ether oxygens (including phenoxy) is 2. The molecule has 1 aromatic heterocycles. The van der Waals surface area contributed by atoms with Gasteiger partial charge in [-0.05, 0) is 0 Å². The lowest BCUT2D eigenvalue weighted by molar-refractivity contribution is 0.354. The summed E-state index contributed by atoms with van der Waals surface area (Å²) in [6.07, 6.45) is 1.77. The molecule has 3 rings (SSSR count). The van der Waals surface area contributed by atoms with Gasteiger partial charge in [0.15, 0.2) is 17.7 Å². The number of fused-ring (bicyclic) bond motifs is 1.